The Balaban J connectivity index is 2.33. The van der Waals surface area contributed by atoms with E-state index in [0.29, 0.717) is 18.2 Å². The van der Waals surface area contributed by atoms with E-state index in [9.17, 15) is 8.42 Å². The summed E-state index contributed by atoms with van der Waals surface area (Å²) in [5.41, 5.74) is 0.0279. The maximum atomic E-state index is 11.6. The molecule has 0 aromatic heterocycles. The second-order valence-electron chi connectivity index (χ2n) is 5.15. The van der Waals surface area contributed by atoms with Crippen molar-refractivity contribution in [3.05, 3.63) is 0 Å². The molecule has 1 N–H and O–H groups in total. The lowest BCUT2D eigenvalue weighted by molar-refractivity contribution is 0.354. The molecule has 1 aliphatic carbocycles. The van der Waals surface area contributed by atoms with E-state index in [2.05, 4.69) is 34.5 Å². The van der Waals surface area contributed by atoms with Crippen LogP contribution in [0.15, 0.2) is 0 Å². The monoisotopic (exact) mass is 297 g/mol. The molecule has 0 aliphatic heterocycles. The molecule has 5 heteroatoms. The Kier molecular flexibility index (Phi) is 4.62. The molecule has 1 aliphatic rings. The third-order valence-electron chi connectivity index (χ3n) is 2.69. The van der Waals surface area contributed by atoms with Crippen molar-refractivity contribution in [1.82, 2.24) is 4.72 Å². The summed E-state index contributed by atoms with van der Waals surface area (Å²) < 4.78 is 25.9. The lowest BCUT2D eigenvalue weighted by Gasteiger charge is -2.23. The molecule has 90 valence electrons. The number of nitrogens with one attached hydrogen (secondary N) is 1. The molecule has 1 fully saturated rings. The maximum absolute atomic E-state index is 11.6. The van der Waals surface area contributed by atoms with Crippen molar-refractivity contribution < 1.29 is 8.42 Å². The molecular weight excluding hydrogens is 278 g/mol. The lowest BCUT2D eigenvalue weighted by atomic mass is 9.91. The number of alkyl halides is 1. The summed E-state index contributed by atoms with van der Waals surface area (Å²) in [6.07, 6.45) is 3.12. The fraction of sp³-hybridized carbons (Fsp3) is 1.00. The van der Waals surface area contributed by atoms with Crippen molar-refractivity contribution in [3.8, 4) is 0 Å². The molecule has 1 rings (SSSR count). The summed E-state index contributed by atoms with van der Waals surface area (Å²) in [6, 6.07) is 0. The van der Waals surface area contributed by atoms with Crippen LogP contribution in [-0.2, 0) is 10.0 Å². The van der Waals surface area contributed by atoms with E-state index in [1.807, 2.05) is 0 Å². The van der Waals surface area contributed by atoms with Crippen LogP contribution in [0, 0.1) is 11.3 Å². The summed E-state index contributed by atoms with van der Waals surface area (Å²) in [6.45, 7) is 4.69. The molecule has 1 saturated carbocycles. The fourth-order valence-electron chi connectivity index (χ4n) is 1.30. The van der Waals surface area contributed by atoms with Gasteiger partial charge in [-0.15, -0.1) is 0 Å². The summed E-state index contributed by atoms with van der Waals surface area (Å²) >= 11 is 3.38. The Bertz CT molecular complexity index is 297. The first-order valence-electron chi connectivity index (χ1n) is 5.38. The van der Waals surface area contributed by atoms with Gasteiger partial charge in [-0.1, -0.05) is 29.8 Å². The van der Waals surface area contributed by atoms with Crippen molar-refractivity contribution in [2.24, 2.45) is 11.3 Å². The zero-order valence-electron chi connectivity index (χ0n) is 9.42. The van der Waals surface area contributed by atoms with E-state index >= 15 is 0 Å². The number of halogens is 1. The van der Waals surface area contributed by atoms with Crippen LogP contribution in [0.1, 0.15) is 33.1 Å². The highest BCUT2D eigenvalue weighted by Gasteiger charge is 2.29. The second kappa shape index (κ2) is 5.15. The molecule has 0 atom stereocenters. The van der Waals surface area contributed by atoms with Gasteiger partial charge in [0.15, 0.2) is 0 Å². The standard InChI is InChI=1S/C10H20BrNO2S/c1-10(2,5-6-11)8-12-15(13,14)7-9-3-4-9/h9,12H,3-8H2,1-2H3. The number of rotatable bonds is 7. The van der Waals surface area contributed by atoms with Crippen LogP contribution in [0.4, 0.5) is 0 Å². The Morgan fingerprint density at radius 2 is 2.00 bits per heavy atom. The van der Waals surface area contributed by atoms with Crippen molar-refractivity contribution >= 4 is 26.0 Å². The minimum absolute atomic E-state index is 0.0279. The van der Waals surface area contributed by atoms with Gasteiger partial charge in [-0.05, 0) is 30.6 Å². The number of sulfonamides is 1. The molecule has 15 heavy (non-hydrogen) atoms. The highest BCUT2D eigenvalue weighted by atomic mass is 79.9. The summed E-state index contributed by atoms with van der Waals surface area (Å²) in [4.78, 5) is 0. The van der Waals surface area contributed by atoms with E-state index in [4.69, 9.17) is 0 Å². The van der Waals surface area contributed by atoms with Crippen molar-refractivity contribution in [2.75, 3.05) is 17.6 Å². The minimum atomic E-state index is -3.04. The van der Waals surface area contributed by atoms with Crippen LogP contribution in [0.3, 0.4) is 0 Å². The molecule has 0 aromatic carbocycles. The van der Waals surface area contributed by atoms with Gasteiger partial charge < -0.3 is 0 Å². The smallest absolute Gasteiger partial charge is 0.211 e. The zero-order valence-corrected chi connectivity index (χ0v) is 11.8. The second-order valence-corrected chi connectivity index (χ2v) is 7.79. The molecule has 0 unspecified atom stereocenters. The van der Waals surface area contributed by atoms with Crippen LogP contribution in [0.2, 0.25) is 0 Å². The first kappa shape index (κ1) is 13.5. The van der Waals surface area contributed by atoms with Crippen LogP contribution in [0.5, 0.6) is 0 Å². The van der Waals surface area contributed by atoms with Gasteiger partial charge in [0.2, 0.25) is 10.0 Å². The summed E-state index contributed by atoms with van der Waals surface area (Å²) in [5.74, 6) is 0.735. The number of hydrogen-bond donors (Lipinski definition) is 1. The van der Waals surface area contributed by atoms with E-state index in [-0.39, 0.29) is 5.41 Å². The topological polar surface area (TPSA) is 46.2 Å². The average Bonchev–Trinajstić information content (AvgIpc) is 2.85. The molecule has 0 aromatic rings. The quantitative estimate of drug-likeness (QED) is 0.732. The van der Waals surface area contributed by atoms with Gasteiger partial charge in [-0.2, -0.15) is 0 Å². The van der Waals surface area contributed by atoms with Gasteiger partial charge in [0, 0.05) is 11.9 Å². The molecule has 3 nitrogen and oxygen atoms in total. The van der Waals surface area contributed by atoms with Crippen molar-refractivity contribution in [3.63, 3.8) is 0 Å². The van der Waals surface area contributed by atoms with Crippen molar-refractivity contribution in [1.29, 1.82) is 0 Å². The van der Waals surface area contributed by atoms with Crippen molar-refractivity contribution in [2.45, 2.75) is 33.1 Å². The molecule has 0 bridgehead atoms. The SMILES string of the molecule is CC(C)(CCBr)CNS(=O)(=O)CC1CC1. The minimum Gasteiger partial charge on any atom is -0.215 e. The zero-order chi connectivity index (χ0) is 11.5. The molecule has 0 radical (unpaired) electrons. The van der Waals surface area contributed by atoms with Crippen LogP contribution in [0.25, 0.3) is 0 Å². The highest BCUT2D eigenvalue weighted by molar-refractivity contribution is 9.09. The summed E-state index contributed by atoms with van der Waals surface area (Å²) in [5, 5.41) is 0.907. The predicted octanol–water partition coefficient (Wildman–Crippen LogP) is 2.13. The Labute approximate surface area is 101 Å². The number of hydrogen-bond acceptors (Lipinski definition) is 2. The molecule has 0 amide bonds. The van der Waals surface area contributed by atoms with Gasteiger partial charge in [-0.3, -0.25) is 0 Å². The first-order chi connectivity index (χ1) is 6.85. The fourth-order valence-corrected chi connectivity index (χ4v) is 4.06. The van der Waals surface area contributed by atoms with Gasteiger partial charge in [0.25, 0.3) is 0 Å². The highest BCUT2D eigenvalue weighted by Crippen LogP contribution is 2.30. The molecular formula is C10H20BrNO2S. The predicted molar refractivity (Wildman–Crippen MR) is 66.7 cm³/mol. The Morgan fingerprint density at radius 3 is 2.47 bits per heavy atom. The third-order valence-corrected chi connectivity index (χ3v) is 4.58. The summed E-state index contributed by atoms with van der Waals surface area (Å²) in [7, 11) is -3.04. The third kappa shape index (κ3) is 5.88. The molecule has 0 heterocycles. The Hall–Kier alpha value is 0.390. The normalized spacial score (nSPS) is 18.1. The Morgan fingerprint density at radius 1 is 1.40 bits per heavy atom. The molecule has 0 saturated heterocycles. The first-order valence-corrected chi connectivity index (χ1v) is 8.15. The largest absolute Gasteiger partial charge is 0.215 e. The lowest BCUT2D eigenvalue weighted by Crippen LogP contribution is -2.36. The van der Waals surface area contributed by atoms with Gasteiger partial charge >= 0.3 is 0 Å². The van der Waals surface area contributed by atoms with Crippen LogP contribution in [-0.4, -0.2) is 26.0 Å². The van der Waals surface area contributed by atoms with E-state index in [0.717, 1.165) is 24.6 Å². The van der Waals surface area contributed by atoms with E-state index in [1.165, 1.54) is 0 Å². The van der Waals surface area contributed by atoms with Gasteiger partial charge in [-0.25, -0.2) is 13.1 Å². The van der Waals surface area contributed by atoms with Crippen LogP contribution < -0.4 is 4.72 Å². The maximum Gasteiger partial charge on any atom is 0.211 e. The van der Waals surface area contributed by atoms with E-state index < -0.39 is 10.0 Å². The van der Waals surface area contributed by atoms with Gasteiger partial charge in [0.1, 0.15) is 0 Å². The average molecular weight is 298 g/mol. The van der Waals surface area contributed by atoms with E-state index in [1.54, 1.807) is 0 Å². The van der Waals surface area contributed by atoms with Gasteiger partial charge in [0.05, 0.1) is 5.75 Å². The van der Waals surface area contributed by atoms with Crippen LogP contribution >= 0.6 is 15.9 Å². The molecule has 0 spiro atoms.